The van der Waals surface area contributed by atoms with E-state index in [0.717, 1.165) is 19.4 Å². The van der Waals surface area contributed by atoms with E-state index in [2.05, 4.69) is 5.32 Å². The van der Waals surface area contributed by atoms with Gasteiger partial charge >= 0.3 is 5.97 Å². The van der Waals surface area contributed by atoms with E-state index in [1.165, 1.54) is 0 Å². The highest BCUT2D eigenvalue weighted by molar-refractivity contribution is 5.78. The Kier molecular flexibility index (Phi) is 10.7. The third kappa shape index (κ3) is 7.82. The van der Waals surface area contributed by atoms with Crippen LogP contribution in [0.2, 0.25) is 0 Å². The predicted molar refractivity (Wildman–Crippen MR) is 80.1 cm³/mol. The van der Waals surface area contributed by atoms with Gasteiger partial charge in [-0.1, -0.05) is 13.8 Å². The fourth-order valence-corrected chi connectivity index (χ4v) is 2.01. The first kappa shape index (κ1) is 19.4. The third-order valence-electron chi connectivity index (χ3n) is 3.30. The fraction of sp³-hybridized carbons (Fsp3) is 0.933. The SMILES string of the molecule is CCCNC(CC)(CCCOCCOC(C)C)C(=O)O. The molecular formula is C15H31NO4. The molecular weight excluding hydrogens is 258 g/mol. The molecule has 120 valence electrons. The summed E-state index contributed by atoms with van der Waals surface area (Å²) in [7, 11) is 0. The number of hydrogen-bond acceptors (Lipinski definition) is 4. The molecule has 0 amide bonds. The van der Waals surface area contributed by atoms with Crippen LogP contribution in [0.1, 0.15) is 53.4 Å². The smallest absolute Gasteiger partial charge is 0.323 e. The van der Waals surface area contributed by atoms with E-state index in [1.54, 1.807) is 0 Å². The lowest BCUT2D eigenvalue weighted by Gasteiger charge is -2.29. The number of carbonyl (C=O) groups is 1. The largest absolute Gasteiger partial charge is 0.480 e. The van der Waals surface area contributed by atoms with Crippen molar-refractivity contribution in [2.75, 3.05) is 26.4 Å². The van der Waals surface area contributed by atoms with Gasteiger partial charge in [-0.25, -0.2) is 0 Å². The van der Waals surface area contributed by atoms with Gasteiger partial charge in [-0.2, -0.15) is 0 Å². The molecule has 1 unspecified atom stereocenters. The van der Waals surface area contributed by atoms with Crippen molar-refractivity contribution in [2.24, 2.45) is 0 Å². The minimum Gasteiger partial charge on any atom is -0.480 e. The van der Waals surface area contributed by atoms with Crippen LogP contribution in [0.25, 0.3) is 0 Å². The zero-order chi connectivity index (χ0) is 15.4. The number of carboxylic acid groups (broad SMARTS) is 1. The van der Waals surface area contributed by atoms with Gasteiger partial charge in [0.1, 0.15) is 5.54 Å². The Morgan fingerprint density at radius 2 is 1.95 bits per heavy atom. The maximum absolute atomic E-state index is 11.5. The molecule has 0 spiro atoms. The van der Waals surface area contributed by atoms with Gasteiger partial charge in [0.2, 0.25) is 0 Å². The van der Waals surface area contributed by atoms with Crippen LogP contribution in [-0.4, -0.2) is 49.1 Å². The van der Waals surface area contributed by atoms with E-state index in [9.17, 15) is 9.90 Å². The van der Waals surface area contributed by atoms with Crippen LogP contribution in [0.3, 0.4) is 0 Å². The van der Waals surface area contributed by atoms with Crippen LogP contribution in [0.4, 0.5) is 0 Å². The summed E-state index contributed by atoms with van der Waals surface area (Å²) in [5.74, 6) is -0.767. The van der Waals surface area contributed by atoms with Crippen LogP contribution < -0.4 is 5.32 Å². The van der Waals surface area contributed by atoms with Gasteiger partial charge in [0.25, 0.3) is 0 Å². The second-order valence-electron chi connectivity index (χ2n) is 5.30. The van der Waals surface area contributed by atoms with Crippen molar-refractivity contribution >= 4 is 5.97 Å². The molecule has 0 aliphatic carbocycles. The summed E-state index contributed by atoms with van der Waals surface area (Å²) in [6.07, 6.45) is 3.05. The van der Waals surface area contributed by atoms with E-state index in [1.807, 2.05) is 27.7 Å². The van der Waals surface area contributed by atoms with Gasteiger partial charge < -0.3 is 19.9 Å². The first-order chi connectivity index (χ1) is 9.48. The number of ether oxygens (including phenoxy) is 2. The second kappa shape index (κ2) is 11.1. The van der Waals surface area contributed by atoms with Gasteiger partial charge in [0.15, 0.2) is 0 Å². The van der Waals surface area contributed by atoms with Crippen LogP contribution >= 0.6 is 0 Å². The van der Waals surface area contributed by atoms with Crippen LogP contribution in [0.5, 0.6) is 0 Å². The van der Waals surface area contributed by atoms with Crippen molar-refractivity contribution in [2.45, 2.75) is 65.0 Å². The molecule has 0 bridgehead atoms. The maximum Gasteiger partial charge on any atom is 0.323 e. The van der Waals surface area contributed by atoms with E-state index in [-0.39, 0.29) is 6.10 Å². The van der Waals surface area contributed by atoms with E-state index in [0.29, 0.717) is 32.7 Å². The van der Waals surface area contributed by atoms with Gasteiger partial charge in [-0.3, -0.25) is 4.79 Å². The lowest BCUT2D eigenvalue weighted by Crippen LogP contribution is -2.52. The first-order valence-corrected chi connectivity index (χ1v) is 7.66. The topological polar surface area (TPSA) is 67.8 Å². The number of rotatable bonds is 13. The van der Waals surface area contributed by atoms with Gasteiger partial charge in [-0.05, 0) is 46.1 Å². The molecule has 0 aromatic carbocycles. The Hall–Kier alpha value is -0.650. The molecule has 1 atom stereocenters. The molecule has 0 saturated heterocycles. The Labute approximate surface area is 123 Å². The average molecular weight is 289 g/mol. The van der Waals surface area contributed by atoms with Crippen molar-refractivity contribution in [1.82, 2.24) is 5.32 Å². The standard InChI is InChI=1S/C15H31NO4/c1-5-9-16-15(6-2,14(17)18)8-7-10-19-11-12-20-13(3)4/h13,16H,5-12H2,1-4H3,(H,17,18). The summed E-state index contributed by atoms with van der Waals surface area (Å²) in [5, 5.41) is 12.6. The molecule has 0 aromatic rings. The Bertz CT molecular complexity index is 258. The molecule has 2 N–H and O–H groups in total. The zero-order valence-corrected chi connectivity index (χ0v) is 13.4. The van der Waals surface area contributed by atoms with Crippen molar-refractivity contribution < 1.29 is 19.4 Å². The van der Waals surface area contributed by atoms with Crippen molar-refractivity contribution in [3.63, 3.8) is 0 Å². The Morgan fingerprint density at radius 3 is 2.45 bits per heavy atom. The van der Waals surface area contributed by atoms with Crippen LogP contribution in [-0.2, 0) is 14.3 Å². The fourth-order valence-electron chi connectivity index (χ4n) is 2.01. The normalized spacial score (nSPS) is 14.4. The molecule has 0 fully saturated rings. The molecule has 20 heavy (non-hydrogen) atoms. The number of nitrogens with one attached hydrogen (secondary N) is 1. The second-order valence-corrected chi connectivity index (χ2v) is 5.30. The maximum atomic E-state index is 11.5. The zero-order valence-electron chi connectivity index (χ0n) is 13.4. The summed E-state index contributed by atoms with van der Waals surface area (Å²) < 4.78 is 10.8. The molecule has 0 saturated carbocycles. The Morgan fingerprint density at radius 1 is 1.25 bits per heavy atom. The molecule has 0 aliphatic heterocycles. The quantitative estimate of drug-likeness (QED) is 0.510. The monoisotopic (exact) mass is 289 g/mol. The van der Waals surface area contributed by atoms with Crippen molar-refractivity contribution in [1.29, 1.82) is 0 Å². The summed E-state index contributed by atoms with van der Waals surface area (Å²) in [4.78, 5) is 11.5. The lowest BCUT2D eigenvalue weighted by molar-refractivity contribution is -0.145. The highest BCUT2D eigenvalue weighted by Gasteiger charge is 2.35. The van der Waals surface area contributed by atoms with E-state index >= 15 is 0 Å². The minimum atomic E-state index is -0.812. The summed E-state index contributed by atoms with van der Waals surface area (Å²) >= 11 is 0. The summed E-state index contributed by atoms with van der Waals surface area (Å²) in [6.45, 7) is 10.4. The number of carboxylic acids is 1. The molecule has 5 heteroatoms. The molecule has 0 radical (unpaired) electrons. The van der Waals surface area contributed by atoms with Crippen LogP contribution in [0.15, 0.2) is 0 Å². The summed E-state index contributed by atoms with van der Waals surface area (Å²) in [5.41, 5.74) is -0.812. The molecule has 0 aromatic heterocycles. The van der Waals surface area contributed by atoms with Crippen LogP contribution in [0, 0.1) is 0 Å². The number of hydrogen-bond donors (Lipinski definition) is 2. The highest BCUT2D eigenvalue weighted by Crippen LogP contribution is 2.18. The summed E-state index contributed by atoms with van der Waals surface area (Å²) in [6, 6.07) is 0. The van der Waals surface area contributed by atoms with Gasteiger partial charge in [-0.15, -0.1) is 0 Å². The molecule has 0 aliphatic rings. The van der Waals surface area contributed by atoms with Gasteiger partial charge in [0.05, 0.1) is 19.3 Å². The van der Waals surface area contributed by atoms with Crippen molar-refractivity contribution in [3.8, 4) is 0 Å². The van der Waals surface area contributed by atoms with E-state index in [4.69, 9.17) is 9.47 Å². The van der Waals surface area contributed by atoms with Crippen molar-refractivity contribution in [3.05, 3.63) is 0 Å². The average Bonchev–Trinajstić information content (AvgIpc) is 2.40. The lowest BCUT2D eigenvalue weighted by atomic mass is 9.90. The third-order valence-corrected chi connectivity index (χ3v) is 3.30. The Balaban J connectivity index is 3.93. The predicted octanol–water partition coefficient (Wildman–Crippen LogP) is 2.44. The molecule has 5 nitrogen and oxygen atoms in total. The molecule has 0 rings (SSSR count). The first-order valence-electron chi connectivity index (χ1n) is 7.66. The number of aliphatic carboxylic acids is 1. The van der Waals surface area contributed by atoms with Gasteiger partial charge in [0, 0.05) is 6.61 Å². The van der Waals surface area contributed by atoms with E-state index < -0.39 is 11.5 Å². The minimum absolute atomic E-state index is 0.219. The highest BCUT2D eigenvalue weighted by atomic mass is 16.5. The molecule has 0 heterocycles.